The lowest BCUT2D eigenvalue weighted by atomic mass is 9.79. The van der Waals surface area contributed by atoms with Gasteiger partial charge in [-0.2, -0.15) is 5.10 Å². The van der Waals surface area contributed by atoms with Crippen LogP contribution in [0.1, 0.15) is 109 Å². The van der Waals surface area contributed by atoms with Crippen molar-refractivity contribution in [2.45, 2.75) is 99.0 Å². The Labute approximate surface area is 268 Å². The first-order chi connectivity index (χ1) is 21.2. The molecule has 1 aromatic heterocycles. The molecule has 248 valence electrons. The Kier molecular flexibility index (Phi) is 10.9. The fraction of sp³-hybridized carbons (Fsp3) is 0.676. The fourth-order valence-electron chi connectivity index (χ4n) is 6.37. The molecule has 0 spiro atoms. The first kappa shape index (κ1) is 34.7. The summed E-state index contributed by atoms with van der Waals surface area (Å²) in [5.74, 6) is 1.27. The summed E-state index contributed by atoms with van der Waals surface area (Å²) in [6, 6.07) is 4.58. The summed E-state index contributed by atoms with van der Waals surface area (Å²) < 4.78 is 0. The van der Waals surface area contributed by atoms with Gasteiger partial charge in [0.05, 0.1) is 31.2 Å². The number of unbranched alkanes of at least 4 members (excludes halogenated alkanes) is 1. The maximum absolute atomic E-state index is 12.5. The molecular weight excluding hydrogens is 568 g/mol. The molecule has 0 bridgehead atoms. The molecular formula is C34H54N8O3. The number of hydrogen-bond acceptors (Lipinski definition) is 9. The van der Waals surface area contributed by atoms with Gasteiger partial charge in [0, 0.05) is 48.7 Å². The molecule has 11 heteroatoms. The van der Waals surface area contributed by atoms with Crippen molar-refractivity contribution in [3.05, 3.63) is 34.9 Å². The highest BCUT2D eigenvalue weighted by Crippen LogP contribution is 2.46. The average Bonchev–Trinajstić information content (AvgIpc) is 3.52. The largest absolute Gasteiger partial charge is 0.395 e. The van der Waals surface area contributed by atoms with E-state index in [1.165, 1.54) is 17.7 Å². The maximum atomic E-state index is 12.5. The quantitative estimate of drug-likeness (QED) is 0.302. The zero-order valence-corrected chi connectivity index (χ0v) is 28.8. The lowest BCUT2D eigenvalue weighted by Crippen LogP contribution is -2.48. The summed E-state index contributed by atoms with van der Waals surface area (Å²) in [5.41, 5.74) is 6.10. The number of hydrogen-bond donors (Lipinski definition) is 3. The molecule has 1 amide bonds. The van der Waals surface area contributed by atoms with E-state index >= 15 is 0 Å². The Morgan fingerprint density at radius 1 is 1.22 bits per heavy atom. The number of carbonyl (C=O) groups is 1. The van der Waals surface area contributed by atoms with Crippen LogP contribution in [0, 0.1) is 12.3 Å². The third-order valence-corrected chi connectivity index (χ3v) is 8.87. The van der Waals surface area contributed by atoms with Gasteiger partial charge < -0.3 is 20.4 Å². The molecule has 4 rings (SSSR count). The van der Waals surface area contributed by atoms with Crippen molar-refractivity contribution >= 4 is 28.7 Å². The molecule has 0 saturated carbocycles. The number of aliphatic hydroxyl groups excluding tert-OH is 2. The summed E-state index contributed by atoms with van der Waals surface area (Å²) in [6.45, 7) is 21.8. The monoisotopic (exact) mass is 622 g/mol. The number of nitrogens with zero attached hydrogens (tertiary/aromatic N) is 7. The number of amides is 1. The molecule has 3 N–H and O–H groups in total. The topological polar surface area (TPSA) is 131 Å². The van der Waals surface area contributed by atoms with Gasteiger partial charge in [-0.25, -0.2) is 9.98 Å². The summed E-state index contributed by atoms with van der Waals surface area (Å²) in [7, 11) is 0. The van der Waals surface area contributed by atoms with Crippen LogP contribution in [-0.4, -0.2) is 98.8 Å². The van der Waals surface area contributed by atoms with E-state index in [-0.39, 0.29) is 42.5 Å². The van der Waals surface area contributed by atoms with Gasteiger partial charge in [0.25, 0.3) is 0 Å². The van der Waals surface area contributed by atoms with Gasteiger partial charge in [0.2, 0.25) is 11.7 Å². The highest BCUT2D eigenvalue weighted by molar-refractivity contribution is 6.50. The number of carbonyl (C=O) groups excluding carboxylic acids is 1. The van der Waals surface area contributed by atoms with E-state index in [0.717, 1.165) is 42.1 Å². The fourth-order valence-corrected chi connectivity index (χ4v) is 6.37. The molecule has 2 unspecified atom stereocenters. The summed E-state index contributed by atoms with van der Waals surface area (Å²) in [6.07, 6.45) is 3.42. The molecule has 45 heavy (non-hydrogen) atoms. The summed E-state index contributed by atoms with van der Waals surface area (Å²) in [5, 5.41) is 30.9. The highest BCUT2D eigenvalue weighted by Gasteiger charge is 2.38. The van der Waals surface area contributed by atoms with Crippen LogP contribution < -0.4 is 10.2 Å². The number of aryl methyl sites for hydroxylation is 1. The van der Waals surface area contributed by atoms with Crippen molar-refractivity contribution in [2.24, 2.45) is 15.5 Å². The Morgan fingerprint density at radius 2 is 1.91 bits per heavy atom. The number of rotatable bonds is 13. The summed E-state index contributed by atoms with van der Waals surface area (Å²) >= 11 is 0. The molecule has 0 aliphatic carbocycles. The molecule has 2 aliphatic rings. The average molecular weight is 623 g/mol. The number of fused-ring (bicyclic) bond motifs is 2. The predicted molar refractivity (Wildman–Crippen MR) is 181 cm³/mol. The Hall–Kier alpha value is -3.15. The molecule has 2 aliphatic heterocycles. The van der Waals surface area contributed by atoms with Crippen LogP contribution in [0.2, 0.25) is 0 Å². The molecule has 2 aromatic rings. The maximum Gasteiger partial charge on any atom is 0.234 e. The molecule has 0 fully saturated rings. The van der Waals surface area contributed by atoms with E-state index in [1.807, 2.05) is 6.92 Å². The third kappa shape index (κ3) is 7.81. The lowest BCUT2D eigenvalue weighted by molar-refractivity contribution is -0.122. The minimum Gasteiger partial charge on any atom is -0.395 e. The van der Waals surface area contributed by atoms with Crippen LogP contribution in [0.25, 0.3) is 0 Å². The van der Waals surface area contributed by atoms with Crippen molar-refractivity contribution in [3.63, 3.8) is 0 Å². The highest BCUT2D eigenvalue weighted by atomic mass is 16.3. The van der Waals surface area contributed by atoms with Crippen molar-refractivity contribution in [2.75, 3.05) is 50.8 Å². The van der Waals surface area contributed by atoms with E-state index in [1.54, 1.807) is 9.69 Å². The molecule has 0 radical (unpaired) electrons. The van der Waals surface area contributed by atoms with Gasteiger partial charge in [-0.1, -0.05) is 48.0 Å². The van der Waals surface area contributed by atoms with Gasteiger partial charge >= 0.3 is 0 Å². The standard InChI is InChI=1S/C34H54N8O3/c1-10-11-12-41-27-17-22(2)26(18-25(27)23(3)19-34(41,8)9)36-29-30(33(5,6)7)38-42-32(29)37-31(39-42)24(4)20-35-28(45)21-40(13-15-43)14-16-44/h17-18,23-24,43-44H,10-16,19-21H2,1-9H3,(H,35,45). The molecule has 1 aromatic carbocycles. The number of aliphatic hydroxyl groups is 2. The van der Waals surface area contributed by atoms with Gasteiger partial charge in [-0.3, -0.25) is 9.69 Å². The van der Waals surface area contributed by atoms with Gasteiger partial charge in [-0.15, -0.1) is 9.89 Å². The number of benzene rings is 1. The van der Waals surface area contributed by atoms with Gasteiger partial charge in [0.15, 0.2) is 5.82 Å². The van der Waals surface area contributed by atoms with Crippen molar-refractivity contribution in [3.8, 4) is 0 Å². The van der Waals surface area contributed by atoms with Crippen LogP contribution in [0.4, 0.5) is 11.4 Å². The third-order valence-electron chi connectivity index (χ3n) is 8.87. The van der Waals surface area contributed by atoms with E-state index in [4.69, 9.17) is 20.2 Å². The Morgan fingerprint density at radius 3 is 2.53 bits per heavy atom. The smallest absolute Gasteiger partial charge is 0.234 e. The first-order valence-corrected chi connectivity index (χ1v) is 16.5. The lowest BCUT2D eigenvalue weighted by Gasteiger charge is -2.48. The van der Waals surface area contributed by atoms with Crippen LogP contribution in [0.3, 0.4) is 0 Å². The van der Waals surface area contributed by atoms with E-state index in [2.05, 4.69) is 77.7 Å². The summed E-state index contributed by atoms with van der Waals surface area (Å²) in [4.78, 5) is 28.6. The second kappa shape index (κ2) is 14.1. The van der Waals surface area contributed by atoms with Crippen LogP contribution >= 0.6 is 0 Å². The van der Waals surface area contributed by atoms with Gasteiger partial charge in [-0.05, 0) is 62.8 Å². The number of nitrogens with one attached hydrogen (secondary N) is 1. The number of anilines is 1. The van der Waals surface area contributed by atoms with Crippen LogP contribution in [0.15, 0.2) is 22.2 Å². The van der Waals surface area contributed by atoms with Crippen LogP contribution in [-0.2, 0) is 4.79 Å². The Bertz CT molecular complexity index is 1420. The van der Waals surface area contributed by atoms with Crippen molar-refractivity contribution in [1.82, 2.24) is 25.1 Å². The molecule has 3 heterocycles. The second-order valence-electron chi connectivity index (χ2n) is 14.4. The van der Waals surface area contributed by atoms with Crippen molar-refractivity contribution < 1.29 is 15.0 Å². The van der Waals surface area contributed by atoms with E-state index < -0.39 is 0 Å². The van der Waals surface area contributed by atoms with Crippen LogP contribution in [0.5, 0.6) is 0 Å². The van der Waals surface area contributed by atoms with Crippen molar-refractivity contribution in [1.29, 1.82) is 0 Å². The molecule has 2 atom stereocenters. The van der Waals surface area contributed by atoms with Gasteiger partial charge in [0.1, 0.15) is 5.71 Å². The number of aliphatic imine (C=N–C) groups is 1. The zero-order chi connectivity index (χ0) is 33.1. The Balaban J connectivity index is 1.63. The SMILES string of the molecule is CCCCN1c2cc(C)c(N=C3C(C(C)(C)C)=Nn4nc(C(C)CNC(=O)CN(CCO)CCO)nc43)cc2C(C)CC1(C)C. The molecule has 0 saturated heterocycles. The van der Waals surface area contributed by atoms with E-state index in [0.29, 0.717) is 37.2 Å². The normalized spacial score (nSPS) is 19.1. The molecule has 11 nitrogen and oxygen atoms in total. The number of aromatic nitrogens is 3. The second-order valence-corrected chi connectivity index (χ2v) is 14.4. The predicted octanol–water partition coefficient (Wildman–Crippen LogP) is 4.37. The first-order valence-electron chi connectivity index (χ1n) is 16.5. The minimum absolute atomic E-state index is 0.0750. The van der Waals surface area contributed by atoms with E-state index in [9.17, 15) is 15.0 Å². The minimum atomic E-state index is -0.271. The zero-order valence-electron chi connectivity index (χ0n) is 28.8.